The minimum Gasteiger partial charge on any atom is -0.371 e. The van der Waals surface area contributed by atoms with E-state index in [1.807, 2.05) is 12.1 Å². The predicted molar refractivity (Wildman–Crippen MR) is 85.4 cm³/mol. The number of hydrogen-bond acceptors (Lipinski definition) is 4. The van der Waals surface area contributed by atoms with E-state index in [2.05, 4.69) is 20.8 Å². The molecular weight excluding hydrogens is 348 g/mol. The summed E-state index contributed by atoms with van der Waals surface area (Å²) in [5.41, 5.74) is 1.75. The van der Waals surface area contributed by atoms with Gasteiger partial charge in [-0.3, -0.25) is 14.8 Å². The number of imide groups is 1. The fraction of sp³-hybridized carbons (Fsp3) is 0.250. The zero-order chi connectivity index (χ0) is 15.4. The molecule has 22 heavy (non-hydrogen) atoms. The number of anilines is 1. The van der Waals surface area contributed by atoms with Gasteiger partial charge in [-0.05, 0) is 37.1 Å². The monoisotopic (exact) mass is 360 g/mol. The highest BCUT2D eigenvalue weighted by Gasteiger charge is 2.33. The number of nitrogens with zero attached hydrogens (tertiary/aromatic N) is 2. The summed E-state index contributed by atoms with van der Waals surface area (Å²) in [5, 5.41) is 11.4. The molecule has 1 saturated heterocycles. The van der Waals surface area contributed by atoms with Crippen LogP contribution in [0.5, 0.6) is 0 Å². The van der Waals surface area contributed by atoms with Crippen LogP contribution >= 0.6 is 15.9 Å². The summed E-state index contributed by atoms with van der Waals surface area (Å²) in [5.74, 6) is -1.35. The van der Waals surface area contributed by atoms with Crippen molar-refractivity contribution in [2.24, 2.45) is 0 Å². The fourth-order valence-electron chi connectivity index (χ4n) is 3.34. The average Bonchev–Trinajstić information content (AvgIpc) is 3.03. The van der Waals surface area contributed by atoms with Gasteiger partial charge in [-0.25, -0.2) is 0 Å². The summed E-state index contributed by atoms with van der Waals surface area (Å²) in [6, 6.07) is 7.19. The van der Waals surface area contributed by atoms with Gasteiger partial charge < -0.3 is 4.90 Å². The first kappa shape index (κ1) is 13.7. The number of halogens is 1. The Kier molecular flexibility index (Phi) is 2.99. The molecule has 2 aliphatic heterocycles. The third kappa shape index (κ3) is 1.80. The van der Waals surface area contributed by atoms with E-state index in [1.54, 1.807) is 12.1 Å². The van der Waals surface area contributed by atoms with Crippen LogP contribution in [0.3, 0.4) is 0 Å². The lowest BCUT2D eigenvalue weighted by Gasteiger charge is -2.26. The van der Waals surface area contributed by atoms with Gasteiger partial charge in [0.25, 0.3) is 11.8 Å². The largest absolute Gasteiger partial charge is 0.371 e. The smallest absolute Gasteiger partial charge is 0.285 e. The van der Waals surface area contributed by atoms with Crippen LogP contribution in [0, 0.1) is 0 Å². The molecule has 1 N–H and O–H groups in total. The molecule has 0 aliphatic carbocycles. The molecule has 2 aliphatic rings. The van der Waals surface area contributed by atoms with Crippen LogP contribution in [0.2, 0.25) is 0 Å². The molecule has 0 spiro atoms. The first-order chi connectivity index (χ1) is 10.6. The second-order valence-corrected chi connectivity index (χ2v) is 6.54. The first-order valence-electron chi connectivity index (χ1n) is 7.17. The highest BCUT2D eigenvalue weighted by Crippen LogP contribution is 2.38. The maximum Gasteiger partial charge on any atom is 0.285 e. The topological polar surface area (TPSA) is 60.9 Å². The maximum absolute atomic E-state index is 12.2. The van der Waals surface area contributed by atoms with Crippen LogP contribution in [0.25, 0.3) is 10.8 Å². The Balaban J connectivity index is 2.07. The third-order valence-electron chi connectivity index (χ3n) is 4.35. The highest BCUT2D eigenvalue weighted by molar-refractivity contribution is 9.10. The number of hydroxylamine groups is 2. The van der Waals surface area contributed by atoms with Crippen molar-refractivity contribution in [3.05, 3.63) is 39.9 Å². The Labute approximate surface area is 135 Å². The molecule has 2 amide bonds. The Morgan fingerprint density at radius 2 is 1.68 bits per heavy atom. The lowest BCUT2D eigenvalue weighted by atomic mass is 9.93. The zero-order valence-corrected chi connectivity index (χ0v) is 13.3. The number of rotatable bonds is 1. The Morgan fingerprint density at radius 1 is 1.00 bits per heavy atom. The predicted octanol–water partition coefficient (Wildman–Crippen LogP) is 3.19. The first-order valence-corrected chi connectivity index (χ1v) is 7.96. The second kappa shape index (κ2) is 4.79. The van der Waals surface area contributed by atoms with Gasteiger partial charge in [0, 0.05) is 34.0 Å². The number of benzene rings is 2. The molecule has 112 valence electrons. The van der Waals surface area contributed by atoms with Gasteiger partial charge in [0.05, 0.1) is 11.1 Å². The summed E-state index contributed by atoms with van der Waals surface area (Å²) < 4.78 is 0.753. The minimum absolute atomic E-state index is 0.194. The van der Waals surface area contributed by atoms with E-state index in [4.69, 9.17) is 0 Å². The zero-order valence-electron chi connectivity index (χ0n) is 11.7. The highest BCUT2D eigenvalue weighted by atomic mass is 79.9. The average molecular weight is 361 g/mol. The molecule has 1 fully saturated rings. The molecule has 4 rings (SSSR count). The van der Waals surface area contributed by atoms with Crippen molar-refractivity contribution >= 4 is 44.2 Å². The van der Waals surface area contributed by atoms with Gasteiger partial charge >= 0.3 is 0 Å². The van der Waals surface area contributed by atoms with Crippen molar-refractivity contribution in [3.63, 3.8) is 0 Å². The van der Waals surface area contributed by atoms with Crippen molar-refractivity contribution in [2.45, 2.75) is 12.8 Å². The van der Waals surface area contributed by atoms with E-state index in [-0.39, 0.29) is 5.06 Å². The van der Waals surface area contributed by atoms with Crippen molar-refractivity contribution in [1.29, 1.82) is 0 Å². The Hall–Kier alpha value is -1.92. The van der Waals surface area contributed by atoms with Gasteiger partial charge in [-0.15, -0.1) is 5.06 Å². The van der Waals surface area contributed by atoms with E-state index in [0.717, 1.165) is 41.5 Å². The van der Waals surface area contributed by atoms with E-state index >= 15 is 0 Å². The SMILES string of the molecule is O=C1c2ccc(N3CCCC3)c3cc(Br)cc(c23)C(=O)N1O. The van der Waals surface area contributed by atoms with Crippen LogP contribution < -0.4 is 4.90 Å². The van der Waals surface area contributed by atoms with E-state index in [1.165, 1.54) is 0 Å². The van der Waals surface area contributed by atoms with E-state index < -0.39 is 11.8 Å². The molecule has 2 heterocycles. The molecule has 6 heteroatoms. The van der Waals surface area contributed by atoms with Gasteiger partial charge in [-0.2, -0.15) is 0 Å². The molecule has 2 aromatic rings. The van der Waals surface area contributed by atoms with Gasteiger partial charge in [-0.1, -0.05) is 15.9 Å². The molecule has 0 aromatic heterocycles. The lowest BCUT2D eigenvalue weighted by molar-refractivity contribution is -0.0377. The lowest BCUT2D eigenvalue weighted by Crippen LogP contribution is -2.37. The van der Waals surface area contributed by atoms with Crippen LogP contribution in [-0.2, 0) is 0 Å². The molecule has 0 radical (unpaired) electrons. The van der Waals surface area contributed by atoms with Crippen molar-refractivity contribution in [3.8, 4) is 0 Å². The van der Waals surface area contributed by atoms with Crippen LogP contribution in [-0.4, -0.2) is 35.2 Å². The van der Waals surface area contributed by atoms with Crippen LogP contribution in [0.15, 0.2) is 28.7 Å². The quantitative estimate of drug-likeness (QED) is 0.626. The molecule has 0 saturated carbocycles. The van der Waals surface area contributed by atoms with E-state index in [0.29, 0.717) is 16.5 Å². The second-order valence-electron chi connectivity index (χ2n) is 5.62. The maximum atomic E-state index is 12.2. The number of carbonyl (C=O) groups is 2. The molecule has 0 atom stereocenters. The van der Waals surface area contributed by atoms with Crippen molar-refractivity contribution < 1.29 is 14.8 Å². The Bertz CT molecular complexity index is 828. The van der Waals surface area contributed by atoms with Crippen molar-refractivity contribution in [2.75, 3.05) is 18.0 Å². The van der Waals surface area contributed by atoms with Gasteiger partial charge in [0.1, 0.15) is 0 Å². The molecule has 5 nitrogen and oxygen atoms in total. The van der Waals surface area contributed by atoms with Crippen LogP contribution in [0.1, 0.15) is 33.6 Å². The molecule has 2 aromatic carbocycles. The number of hydrogen-bond donors (Lipinski definition) is 1. The van der Waals surface area contributed by atoms with E-state index in [9.17, 15) is 14.8 Å². The summed E-state index contributed by atoms with van der Waals surface area (Å²) in [6.45, 7) is 1.95. The number of carbonyl (C=O) groups excluding carboxylic acids is 2. The number of amides is 2. The van der Waals surface area contributed by atoms with Crippen LogP contribution in [0.4, 0.5) is 5.69 Å². The molecule has 0 unspecified atom stereocenters. The standard InChI is InChI=1S/C16H13BrN2O3/c17-9-7-11-13(18-5-1-2-6-18)4-3-10-14(11)12(8-9)16(21)19(22)15(10)20/h3-4,7-8,22H,1-2,5-6H2. The third-order valence-corrected chi connectivity index (χ3v) is 4.81. The van der Waals surface area contributed by atoms with Gasteiger partial charge in [0.15, 0.2) is 0 Å². The summed E-state index contributed by atoms with van der Waals surface area (Å²) in [7, 11) is 0. The molecular formula is C16H13BrN2O3. The summed E-state index contributed by atoms with van der Waals surface area (Å²) >= 11 is 3.42. The Morgan fingerprint density at radius 3 is 2.41 bits per heavy atom. The normalized spacial score (nSPS) is 17.7. The summed E-state index contributed by atoms with van der Waals surface area (Å²) in [4.78, 5) is 26.7. The fourth-order valence-corrected chi connectivity index (χ4v) is 3.79. The minimum atomic E-state index is -0.678. The van der Waals surface area contributed by atoms with Gasteiger partial charge in [0.2, 0.25) is 0 Å². The van der Waals surface area contributed by atoms with Crippen molar-refractivity contribution in [1.82, 2.24) is 5.06 Å². The molecule has 0 bridgehead atoms. The summed E-state index contributed by atoms with van der Waals surface area (Å²) in [6.07, 6.45) is 2.29.